The van der Waals surface area contributed by atoms with Gasteiger partial charge in [-0.1, -0.05) is 6.07 Å². The highest BCUT2D eigenvalue weighted by atomic mass is 16.5. The summed E-state index contributed by atoms with van der Waals surface area (Å²) in [6.45, 7) is 7.15. The van der Waals surface area contributed by atoms with Crippen molar-refractivity contribution in [3.63, 3.8) is 0 Å². The molecule has 1 amide bonds. The van der Waals surface area contributed by atoms with Crippen LogP contribution in [0.5, 0.6) is 0 Å². The monoisotopic (exact) mass is 514 g/mol. The number of ether oxygens (including phenoxy) is 1. The Balaban J connectivity index is 1.34. The number of carbonyl (C=O) groups excluding carboxylic acids is 1. The molecule has 0 bridgehead atoms. The van der Waals surface area contributed by atoms with Crippen LogP contribution in [-0.4, -0.2) is 65.0 Å². The zero-order chi connectivity index (χ0) is 26.1. The molecular weight excluding hydrogens is 476 g/mol. The molecule has 3 fully saturated rings. The minimum atomic E-state index is -0.00855. The summed E-state index contributed by atoms with van der Waals surface area (Å²) in [5, 5.41) is 14.3. The number of pyridine rings is 1. The van der Waals surface area contributed by atoms with Gasteiger partial charge in [0.1, 0.15) is 0 Å². The summed E-state index contributed by atoms with van der Waals surface area (Å²) in [5.41, 5.74) is 6.86. The average molecular weight is 515 g/mol. The standard InChI is InChI=1S/C30H38N6O2/c1-19-3-4-21(30(37)34-23-5-6-23)15-27(19)28-18-33-35-29(28)22-14-26(17-32-16-22)36(24-7-10-31-11-8-24)25-9-12-38-20(2)13-25/h3-4,14-18,20,23-25,31H,5-13H2,1-2H3,(H,33,35)(H,34,37). The van der Waals surface area contributed by atoms with Crippen LogP contribution in [-0.2, 0) is 4.74 Å². The number of aromatic amines is 1. The van der Waals surface area contributed by atoms with Crippen molar-refractivity contribution in [2.24, 2.45) is 0 Å². The van der Waals surface area contributed by atoms with E-state index < -0.39 is 0 Å². The number of nitrogens with zero attached hydrogens (tertiary/aromatic N) is 3. The first-order valence-electron chi connectivity index (χ1n) is 14.1. The van der Waals surface area contributed by atoms with E-state index in [0.717, 1.165) is 91.9 Å². The van der Waals surface area contributed by atoms with Gasteiger partial charge in [-0.25, -0.2) is 0 Å². The highest BCUT2D eigenvalue weighted by Gasteiger charge is 2.32. The summed E-state index contributed by atoms with van der Waals surface area (Å²) >= 11 is 0. The topological polar surface area (TPSA) is 95.2 Å². The summed E-state index contributed by atoms with van der Waals surface area (Å²) in [6, 6.07) is 9.41. The van der Waals surface area contributed by atoms with Crippen LogP contribution in [0.3, 0.4) is 0 Å². The van der Waals surface area contributed by atoms with E-state index in [4.69, 9.17) is 9.72 Å². The molecule has 2 saturated heterocycles. The lowest BCUT2D eigenvalue weighted by molar-refractivity contribution is 0.0167. The normalized spacial score (nSPS) is 22.3. The highest BCUT2D eigenvalue weighted by Crippen LogP contribution is 2.36. The van der Waals surface area contributed by atoms with E-state index in [-0.39, 0.29) is 12.0 Å². The number of H-pyrrole nitrogens is 1. The molecule has 2 aliphatic heterocycles. The first kappa shape index (κ1) is 25.1. The van der Waals surface area contributed by atoms with Gasteiger partial charge in [-0.3, -0.25) is 14.9 Å². The van der Waals surface area contributed by atoms with Gasteiger partial charge in [0.2, 0.25) is 0 Å². The summed E-state index contributed by atoms with van der Waals surface area (Å²) in [6.07, 6.45) is 12.5. The third kappa shape index (κ3) is 5.33. The van der Waals surface area contributed by atoms with E-state index in [0.29, 0.717) is 23.7 Å². The van der Waals surface area contributed by atoms with Crippen LogP contribution < -0.4 is 15.5 Å². The number of rotatable bonds is 7. The van der Waals surface area contributed by atoms with Crippen LogP contribution in [0.2, 0.25) is 0 Å². The fourth-order valence-electron chi connectivity index (χ4n) is 6.00. The summed E-state index contributed by atoms with van der Waals surface area (Å²) in [4.78, 5) is 20.1. The lowest BCUT2D eigenvalue weighted by atomic mass is 9.94. The Bertz CT molecular complexity index is 1280. The van der Waals surface area contributed by atoms with Gasteiger partial charge in [-0.15, -0.1) is 0 Å². The van der Waals surface area contributed by atoms with Gasteiger partial charge in [-0.05, 0) is 94.8 Å². The van der Waals surface area contributed by atoms with E-state index in [1.807, 2.05) is 36.8 Å². The number of hydrogen-bond acceptors (Lipinski definition) is 6. The van der Waals surface area contributed by atoms with E-state index in [2.05, 4.69) is 45.6 Å². The summed E-state index contributed by atoms with van der Waals surface area (Å²) in [7, 11) is 0. The minimum Gasteiger partial charge on any atom is -0.378 e. The second-order valence-corrected chi connectivity index (χ2v) is 11.1. The van der Waals surface area contributed by atoms with Crippen molar-refractivity contribution in [2.45, 2.75) is 76.6 Å². The Labute approximate surface area is 224 Å². The molecule has 3 aliphatic rings. The van der Waals surface area contributed by atoms with Gasteiger partial charge in [-0.2, -0.15) is 5.10 Å². The molecule has 2 aromatic heterocycles. The van der Waals surface area contributed by atoms with Crippen molar-refractivity contribution in [1.82, 2.24) is 25.8 Å². The molecule has 0 spiro atoms. The molecule has 3 N–H and O–H groups in total. The smallest absolute Gasteiger partial charge is 0.251 e. The maximum Gasteiger partial charge on any atom is 0.251 e. The largest absolute Gasteiger partial charge is 0.378 e. The Morgan fingerprint density at radius 3 is 2.66 bits per heavy atom. The number of piperidine rings is 1. The molecule has 38 heavy (non-hydrogen) atoms. The van der Waals surface area contributed by atoms with Gasteiger partial charge >= 0.3 is 0 Å². The van der Waals surface area contributed by atoms with Crippen LogP contribution in [0.4, 0.5) is 5.69 Å². The Morgan fingerprint density at radius 1 is 1.03 bits per heavy atom. The molecule has 4 heterocycles. The molecule has 0 radical (unpaired) electrons. The molecule has 2 unspecified atom stereocenters. The van der Waals surface area contributed by atoms with Crippen molar-refractivity contribution in [3.8, 4) is 22.4 Å². The van der Waals surface area contributed by atoms with Crippen LogP contribution in [0.15, 0.2) is 42.9 Å². The third-order valence-electron chi connectivity index (χ3n) is 8.21. The van der Waals surface area contributed by atoms with Crippen LogP contribution in [0, 0.1) is 6.92 Å². The Hall–Kier alpha value is -3.23. The quantitative estimate of drug-likeness (QED) is 0.431. The van der Waals surface area contributed by atoms with Crippen molar-refractivity contribution in [1.29, 1.82) is 0 Å². The first-order chi connectivity index (χ1) is 18.6. The van der Waals surface area contributed by atoms with Gasteiger partial charge in [0.15, 0.2) is 0 Å². The zero-order valence-corrected chi connectivity index (χ0v) is 22.4. The Morgan fingerprint density at radius 2 is 1.87 bits per heavy atom. The second kappa shape index (κ2) is 10.9. The minimum absolute atomic E-state index is 0.00855. The molecule has 8 nitrogen and oxygen atoms in total. The number of anilines is 1. The van der Waals surface area contributed by atoms with E-state index >= 15 is 0 Å². The predicted molar refractivity (Wildman–Crippen MR) is 149 cm³/mol. The van der Waals surface area contributed by atoms with Gasteiger partial charge in [0, 0.05) is 47.6 Å². The number of carbonyl (C=O) groups is 1. The van der Waals surface area contributed by atoms with Crippen molar-refractivity contribution in [2.75, 3.05) is 24.6 Å². The predicted octanol–water partition coefficient (Wildman–Crippen LogP) is 4.47. The van der Waals surface area contributed by atoms with E-state index in [1.165, 1.54) is 0 Å². The number of nitrogens with one attached hydrogen (secondary N) is 3. The molecule has 8 heteroatoms. The molecule has 3 aromatic rings. The molecular formula is C30H38N6O2. The first-order valence-corrected chi connectivity index (χ1v) is 14.1. The number of hydrogen-bond donors (Lipinski definition) is 3. The number of benzene rings is 1. The van der Waals surface area contributed by atoms with Crippen LogP contribution >= 0.6 is 0 Å². The molecule has 1 aromatic carbocycles. The van der Waals surface area contributed by atoms with Gasteiger partial charge in [0.05, 0.1) is 29.9 Å². The van der Waals surface area contributed by atoms with Gasteiger partial charge < -0.3 is 20.3 Å². The van der Waals surface area contributed by atoms with Crippen LogP contribution in [0.25, 0.3) is 22.4 Å². The van der Waals surface area contributed by atoms with Crippen LogP contribution in [0.1, 0.15) is 61.4 Å². The summed E-state index contributed by atoms with van der Waals surface area (Å²) < 4.78 is 5.89. The fraction of sp³-hybridized carbons (Fsp3) is 0.500. The molecule has 1 saturated carbocycles. The molecule has 200 valence electrons. The van der Waals surface area contributed by atoms with Crippen molar-refractivity contribution >= 4 is 11.6 Å². The number of aromatic nitrogens is 3. The molecule has 1 aliphatic carbocycles. The third-order valence-corrected chi connectivity index (χ3v) is 8.21. The lowest BCUT2D eigenvalue weighted by Crippen LogP contribution is -2.51. The zero-order valence-electron chi connectivity index (χ0n) is 22.4. The number of amides is 1. The average Bonchev–Trinajstić information content (AvgIpc) is 3.61. The molecule has 6 rings (SSSR count). The van der Waals surface area contributed by atoms with E-state index in [9.17, 15) is 4.79 Å². The van der Waals surface area contributed by atoms with Crippen molar-refractivity contribution < 1.29 is 9.53 Å². The maximum absolute atomic E-state index is 12.8. The second-order valence-electron chi connectivity index (χ2n) is 11.1. The summed E-state index contributed by atoms with van der Waals surface area (Å²) in [5.74, 6) is -0.00855. The molecule has 2 atom stereocenters. The van der Waals surface area contributed by atoms with Crippen molar-refractivity contribution in [3.05, 3.63) is 54.0 Å². The SMILES string of the molecule is Cc1ccc(C(=O)NC2CC2)cc1-c1cn[nH]c1-c1cncc(N(C2CCNCC2)C2CCOC(C)C2)c1. The number of aryl methyl sites for hydroxylation is 1. The van der Waals surface area contributed by atoms with Gasteiger partial charge in [0.25, 0.3) is 5.91 Å². The van der Waals surface area contributed by atoms with E-state index in [1.54, 1.807) is 0 Å². The maximum atomic E-state index is 12.8. The fourth-order valence-corrected chi connectivity index (χ4v) is 6.00. The highest BCUT2D eigenvalue weighted by molar-refractivity contribution is 5.97. The Kier molecular flexibility index (Phi) is 7.17. The lowest BCUT2D eigenvalue weighted by Gasteiger charge is -2.44.